The van der Waals surface area contributed by atoms with Crippen LogP contribution in [-0.2, 0) is 24.5 Å². The average Bonchev–Trinajstić information content (AvgIpc) is 2.36. The maximum atomic E-state index is 10.8. The third kappa shape index (κ3) is 10.8. The zero-order valence-corrected chi connectivity index (χ0v) is 15.1. The monoisotopic (exact) mass is 357 g/mol. The van der Waals surface area contributed by atoms with Crippen molar-refractivity contribution in [2.45, 2.75) is 32.6 Å². The lowest BCUT2D eigenvalue weighted by molar-refractivity contribution is -0.123. The molecule has 0 unspecified atom stereocenters. The van der Waals surface area contributed by atoms with Gasteiger partial charge in [-0.2, -0.15) is 8.42 Å². The molecule has 0 amide bonds. The van der Waals surface area contributed by atoms with E-state index >= 15 is 0 Å². The van der Waals surface area contributed by atoms with Crippen LogP contribution in [0.25, 0.3) is 0 Å². The third-order valence-electron chi connectivity index (χ3n) is 2.66. The number of carbonyl (C=O) groups excluding carboxylic acids is 3. The van der Waals surface area contributed by atoms with E-state index in [4.69, 9.17) is 4.55 Å². The van der Waals surface area contributed by atoms with Crippen LogP contribution in [0.4, 0.5) is 0 Å². The molecular weight excluding hydrogens is 334 g/mol. The molecule has 0 heterocycles. The van der Waals surface area contributed by atoms with Gasteiger partial charge in [-0.3, -0.25) is 23.8 Å². The van der Waals surface area contributed by atoms with E-state index in [0.29, 0.717) is 0 Å². The van der Waals surface area contributed by atoms with Crippen LogP contribution in [0, 0.1) is 6.92 Å². The highest BCUT2D eigenvalue weighted by atomic mass is 32.2. The summed E-state index contributed by atoms with van der Waals surface area (Å²) in [7, 11) is -4.02. The van der Waals surface area contributed by atoms with Crippen molar-refractivity contribution in [3.63, 3.8) is 0 Å². The SMILES string of the molecule is CC(=O)CN(CC(C)=O)CC(C)=O.Cc1ccc(S(=O)(=O)O)cc1. The molecule has 0 atom stereocenters. The number of carbonyl (C=O) groups is 3. The van der Waals surface area contributed by atoms with Crippen LogP contribution in [0.1, 0.15) is 26.3 Å². The minimum absolute atomic E-state index is 0.0394. The first-order chi connectivity index (χ1) is 10.9. The van der Waals surface area contributed by atoms with E-state index in [-0.39, 0.29) is 41.9 Å². The summed E-state index contributed by atoms with van der Waals surface area (Å²) in [5.74, 6) is -0.118. The Bertz CT molecular complexity index is 641. The van der Waals surface area contributed by atoms with E-state index in [2.05, 4.69) is 0 Å². The van der Waals surface area contributed by atoms with Gasteiger partial charge in [-0.15, -0.1) is 0 Å². The smallest absolute Gasteiger partial charge is 0.294 e. The van der Waals surface area contributed by atoms with Crippen molar-refractivity contribution in [3.8, 4) is 0 Å². The highest BCUT2D eigenvalue weighted by Crippen LogP contribution is 2.08. The second kappa shape index (κ2) is 10.1. The molecular formula is C16H23NO6S. The van der Waals surface area contributed by atoms with Gasteiger partial charge in [0.2, 0.25) is 0 Å². The highest BCUT2D eigenvalue weighted by molar-refractivity contribution is 7.85. The van der Waals surface area contributed by atoms with Gasteiger partial charge in [0.1, 0.15) is 17.3 Å². The lowest BCUT2D eigenvalue weighted by atomic mass is 10.2. The second-order valence-corrected chi connectivity index (χ2v) is 6.96. The van der Waals surface area contributed by atoms with Crippen molar-refractivity contribution in [3.05, 3.63) is 29.8 Å². The molecule has 0 saturated heterocycles. The van der Waals surface area contributed by atoms with Gasteiger partial charge in [-0.1, -0.05) is 17.7 Å². The van der Waals surface area contributed by atoms with E-state index in [1.807, 2.05) is 6.92 Å². The first-order valence-electron chi connectivity index (χ1n) is 7.16. The van der Waals surface area contributed by atoms with Gasteiger partial charge in [-0.25, -0.2) is 0 Å². The minimum atomic E-state index is -4.02. The summed E-state index contributed by atoms with van der Waals surface area (Å²) in [5.41, 5.74) is 0.956. The van der Waals surface area contributed by atoms with E-state index < -0.39 is 10.1 Å². The predicted molar refractivity (Wildman–Crippen MR) is 89.5 cm³/mol. The molecule has 0 aliphatic heterocycles. The largest absolute Gasteiger partial charge is 0.299 e. The quantitative estimate of drug-likeness (QED) is 0.733. The lowest BCUT2D eigenvalue weighted by Crippen LogP contribution is -2.36. The van der Waals surface area contributed by atoms with Crippen LogP contribution in [0.15, 0.2) is 29.2 Å². The molecule has 134 valence electrons. The van der Waals surface area contributed by atoms with E-state index in [1.54, 1.807) is 17.0 Å². The fourth-order valence-corrected chi connectivity index (χ4v) is 2.30. The molecule has 1 N–H and O–H groups in total. The summed E-state index contributed by atoms with van der Waals surface area (Å²) in [6, 6.07) is 5.99. The summed E-state index contributed by atoms with van der Waals surface area (Å²) in [6.07, 6.45) is 0. The minimum Gasteiger partial charge on any atom is -0.299 e. The molecule has 0 aromatic heterocycles. The van der Waals surface area contributed by atoms with Gasteiger partial charge in [0.25, 0.3) is 10.1 Å². The molecule has 0 bridgehead atoms. The van der Waals surface area contributed by atoms with Crippen molar-refractivity contribution >= 4 is 27.5 Å². The van der Waals surface area contributed by atoms with Gasteiger partial charge < -0.3 is 0 Å². The van der Waals surface area contributed by atoms with Crippen LogP contribution in [0.3, 0.4) is 0 Å². The standard InChI is InChI=1S/C9H15NO3.C7H8O3S/c1-7(11)4-10(5-8(2)12)6-9(3)13;1-6-2-4-7(5-3-6)11(8,9)10/h4-6H2,1-3H3;2-5H,1H3,(H,8,9,10). The molecule has 8 heteroatoms. The maximum Gasteiger partial charge on any atom is 0.294 e. The van der Waals surface area contributed by atoms with E-state index in [0.717, 1.165) is 5.56 Å². The Kier molecular flexibility index (Phi) is 9.27. The zero-order chi connectivity index (χ0) is 18.9. The first-order valence-corrected chi connectivity index (χ1v) is 8.60. The van der Waals surface area contributed by atoms with Gasteiger partial charge in [0, 0.05) is 0 Å². The summed E-state index contributed by atoms with van der Waals surface area (Å²) in [5, 5.41) is 0. The Morgan fingerprint density at radius 1 is 0.875 bits per heavy atom. The normalized spacial score (nSPS) is 10.8. The van der Waals surface area contributed by atoms with Crippen LogP contribution in [0.5, 0.6) is 0 Å². The number of nitrogens with zero attached hydrogens (tertiary/aromatic N) is 1. The fraction of sp³-hybridized carbons (Fsp3) is 0.438. The molecule has 0 aliphatic carbocycles. The van der Waals surface area contributed by atoms with Crippen molar-refractivity contribution in [1.29, 1.82) is 0 Å². The van der Waals surface area contributed by atoms with Crippen LogP contribution < -0.4 is 0 Å². The zero-order valence-electron chi connectivity index (χ0n) is 14.3. The Hall–Kier alpha value is -1.90. The Labute approximate surface area is 142 Å². The number of aryl methyl sites for hydroxylation is 1. The highest BCUT2D eigenvalue weighted by Gasteiger charge is 2.11. The van der Waals surface area contributed by atoms with Gasteiger partial charge in [-0.05, 0) is 39.8 Å². The topological polar surface area (TPSA) is 109 Å². The summed E-state index contributed by atoms with van der Waals surface area (Å²) in [4.78, 5) is 33.7. The van der Waals surface area contributed by atoms with Crippen molar-refractivity contribution < 1.29 is 27.4 Å². The van der Waals surface area contributed by atoms with E-state index in [9.17, 15) is 22.8 Å². The van der Waals surface area contributed by atoms with Gasteiger partial charge >= 0.3 is 0 Å². The number of benzene rings is 1. The summed E-state index contributed by atoms with van der Waals surface area (Å²) < 4.78 is 29.6. The number of hydrogen-bond donors (Lipinski definition) is 1. The summed E-state index contributed by atoms with van der Waals surface area (Å²) >= 11 is 0. The fourth-order valence-electron chi connectivity index (χ4n) is 1.82. The maximum absolute atomic E-state index is 10.8. The number of rotatable bonds is 7. The van der Waals surface area contributed by atoms with Crippen LogP contribution in [-0.4, -0.2) is 54.9 Å². The molecule has 24 heavy (non-hydrogen) atoms. The molecule has 0 radical (unpaired) electrons. The molecule has 7 nitrogen and oxygen atoms in total. The van der Waals surface area contributed by atoms with E-state index in [1.165, 1.54) is 32.9 Å². The Morgan fingerprint density at radius 3 is 1.46 bits per heavy atom. The molecule has 1 rings (SSSR count). The summed E-state index contributed by atoms with van der Waals surface area (Å²) in [6.45, 7) is 6.65. The Balaban J connectivity index is 0.000000446. The second-order valence-electron chi connectivity index (χ2n) is 5.54. The number of Topliss-reactive ketones (excluding diaryl/α,β-unsaturated/α-hetero) is 3. The molecule has 0 saturated carbocycles. The molecule has 1 aromatic carbocycles. The number of hydrogen-bond acceptors (Lipinski definition) is 6. The van der Waals surface area contributed by atoms with Crippen LogP contribution in [0.2, 0.25) is 0 Å². The van der Waals surface area contributed by atoms with Crippen LogP contribution >= 0.6 is 0 Å². The van der Waals surface area contributed by atoms with Gasteiger partial charge in [0.05, 0.1) is 24.5 Å². The molecule has 0 spiro atoms. The lowest BCUT2D eigenvalue weighted by Gasteiger charge is -2.17. The van der Waals surface area contributed by atoms with Gasteiger partial charge in [0.15, 0.2) is 0 Å². The van der Waals surface area contributed by atoms with Crippen molar-refractivity contribution in [1.82, 2.24) is 4.90 Å². The predicted octanol–water partition coefficient (Wildman–Crippen LogP) is 1.30. The van der Waals surface area contributed by atoms with Crippen molar-refractivity contribution in [2.24, 2.45) is 0 Å². The third-order valence-corrected chi connectivity index (χ3v) is 3.53. The first kappa shape index (κ1) is 22.1. The molecule has 1 aromatic rings. The average molecular weight is 357 g/mol. The number of ketones is 3. The van der Waals surface area contributed by atoms with Crippen molar-refractivity contribution in [2.75, 3.05) is 19.6 Å². The molecule has 0 aliphatic rings. The molecule has 0 fully saturated rings. The Morgan fingerprint density at radius 2 is 1.21 bits per heavy atom.